The molecule has 0 heterocycles. The molecule has 2 aromatic rings. The number of amides is 2. The largest absolute Gasteiger partial charge is 0.348 e. The summed E-state index contributed by atoms with van der Waals surface area (Å²) in [5.41, 5.74) is 1.30. The Kier molecular flexibility index (Phi) is 5.62. The highest BCUT2D eigenvalue weighted by atomic mass is 16.2. The number of benzene rings is 2. The first-order valence-electron chi connectivity index (χ1n) is 8.62. The van der Waals surface area contributed by atoms with Crippen LogP contribution in [0.1, 0.15) is 41.2 Å². The predicted molar refractivity (Wildman–Crippen MR) is 98.0 cm³/mol. The van der Waals surface area contributed by atoms with E-state index in [1.807, 2.05) is 42.5 Å². The van der Waals surface area contributed by atoms with Crippen LogP contribution in [0.15, 0.2) is 72.8 Å². The zero-order chi connectivity index (χ0) is 17.5. The van der Waals surface area contributed by atoms with Crippen molar-refractivity contribution < 1.29 is 9.59 Å². The van der Waals surface area contributed by atoms with Crippen LogP contribution in [0.5, 0.6) is 0 Å². The summed E-state index contributed by atoms with van der Waals surface area (Å²) in [6.45, 7) is 0. The van der Waals surface area contributed by atoms with Gasteiger partial charge in [-0.15, -0.1) is 0 Å². The second-order valence-electron chi connectivity index (χ2n) is 6.16. The fraction of sp³-hybridized carbons (Fsp3) is 0.238. The van der Waals surface area contributed by atoms with Crippen molar-refractivity contribution >= 4 is 11.8 Å². The van der Waals surface area contributed by atoms with E-state index in [-0.39, 0.29) is 17.9 Å². The third-order valence-corrected chi connectivity index (χ3v) is 4.29. The van der Waals surface area contributed by atoms with E-state index >= 15 is 0 Å². The summed E-state index contributed by atoms with van der Waals surface area (Å²) in [6, 6.07) is 17.6. The molecule has 128 valence electrons. The standard InChI is InChI=1S/C21H22N2O2/c24-20(17-12-6-2-7-13-17)23-19(16-10-4-1-5-11-16)21(25)22-18-14-8-3-9-15-18/h1-2,4-8,10-14,18-19H,3,9,15H2,(H,22,25)(H,23,24). The minimum atomic E-state index is -0.718. The Labute approximate surface area is 148 Å². The molecule has 4 heteroatoms. The monoisotopic (exact) mass is 334 g/mol. The quantitative estimate of drug-likeness (QED) is 0.824. The summed E-state index contributed by atoms with van der Waals surface area (Å²) in [5, 5.41) is 5.90. The molecule has 4 nitrogen and oxygen atoms in total. The van der Waals surface area contributed by atoms with Crippen LogP contribution in [0.4, 0.5) is 0 Å². The van der Waals surface area contributed by atoms with E-state index in [1.165, 1.54) is 0 Å². The Bertz CT molecular complexity index is 741. The maximum absolute atomic E-state index is 12.8. The molecule has 2 N–H and O–H groups in total. The van der Waals surface area contributed by atoms with Crippen molar-refractivity contribution in [3.63, 3.8) is 0 Å². The van der Waals surface area contributed by atoms with Gasteiger partial charge in [0.2, 0.25) is 5.91 Å². The van der Waals surface area contributed by atoms with Crippen molar-refractivity contribution in [1.82, 2.24) is 10.6 Å². The lowest BCUT2D eigenvalue weighted by Crippen LogP contribution is -2.44. The zero-order valence-corrected chi connectivity index (χ0v) is 14.0. The van der Waals surface area contributed by atoms with E-state index in [0.29, 0.717) is 5.56 Å². The van der Waals surface area contributed by atoms with Gasteiger partial charge in [0.05, 0.1) is 0 Å². The zero-order valence-electron chi connectivity index (χ0n) is 14.0. The number of nitrogens with one attached hydrogen (secondary N) is 2. The van der Waals surface area contributed by atoms with Gasteiger partial charge in [-0.25, -0.2) is 0 Å². The molecule has 25 heavy (non-hydrogen) atoms. The van der Waals surface area contributed by atoms with Crippen molar-refractivity contribution in [3.05, 3.63) is 83.9 Å². The van der Waals surface area contributed by atoms with Gasteiger partial charge >= 0.3 is 0 Å². The molecule has 0 saturated carbocycles. The normalized spacial score (nSPS) is 17.5. The van der Waals surface area contributed by atoms with Crippen LogP contribution in [0.3, 0.4) is 0 Å². The topological polar surface area (TPSA) is 58.2 Å². The van der Waals surface area contributed by atoms with Crippen LogP contribution in [0.25, 0.3) is 0 Å². The van der Waals surface area contributed by atoms with E-state index in [4.69, 9.17) is 0 Å². The average Bonchev–Trinajstić information content (AvgIpc) is 2.68. The van der Waals surface area contributed by atoms with Crippen LogP contribution < -0.4 is 10.6 Å². The molecule has 0 aromatic heterocycles. The Morgan fingerprint density at radius 1 is 0.960 bits per heavy atom. The molecule has 2 atom stereocenters. The summed E-state index contributed by atoms with van der Waals surface area (Å²) in [5.74, 6) is -0.448. The van der Waals surface area contributed by atoms with Gasteiger partial charge < -0.3 is 10.6 Å². The van der Waals surface area contributed by atoms with Crippen molar-refractivity contribution in [2.24, 2.45) is 0 Å². The SMILES string of the molecule is O=C(NC(C(=O)NC1C=CCCC1)c1ccccc1)c1ccccc1. The highest BCUT2D eigenvalue weighted by Crippen LogP contribution is 2.16. The van der Waals surface area contributed by atoms with Crippen LogP contribution in [0, 0.1) is 0 Å². The molecule has 0 bridgehead atoms. The summed E-state index contributed by atoms with van der Waals surface area (Å²) in [7, 11) is 0. The summed E-state index contributed by atoms with van der Waals surface area (Å²) in [4.78, 5) is 25.3. The maximum Gasteiger partial charge on any atom is 0.252 e. The van der Waals surface area contributed by atoms with E-state index in [9.17, 15) is 9.59 Å². The Hall–Kier alpha value is -2.88. The molecule has 0 radical (unpaired) electrons. The molecule has 0 aliphatic heterocycles. The fourth-order valence-corrected chi connectivity index (χ4v) is 2.95. The number of allylic oxidation sites excluding steroid dienone is 1. The smallest absolute Gasteiger partial charge is 0.252 e. The Morgan fingerprint density at radius 2 is 1.64 bits per heavy atom. The molecular formula is C21H22N2O2. The molecule has 2 amide bonds. The average molecular weight is 334 g/mol. The maximum atomic E-state index is 12.8. The van der Waals surface area contributed by atoms with Gasteiger partial charge in [0, 0.05) is 11.6 Å². The van der Waals surface area contributed by atoms with E-state index < -0.39 is 6.04 Å². The third-order valence-electron chi connectivity index (χ3n) is 4.29. The number of hydrogen-bond acceptors (Lipinski definition) is 2. The van der Waals surface area contributed by atoms with Gasteiger partial charge in [0.1, 0.15) is 6.04 Å². The van der Waals surface area contributed by atoms with Gasteiger partial charge in [0.25, 0.3) is 5.91 Å². The predicted octanol–water partition coefficient (Wildman–Crippen LogP) is 3.38. The van der Waals surface area contributed by atoms with Crippen molar-refractivity contribution in [3.8, 4) is 0 Å². The van der Waals surface area contributed by atoms with Gasteiger partial charge in [-0.05, 0) is 37.0 Å². The summed E-state index contributed by atoms with van der Waals surface area (Å²) >= 11 is 0. The lowest BCUT2D eigenvalue weighted by Gasteiger charge is -2.23. The molecule has 0 spiro atoms. The van der Waals surface area contributed by atoms with Crippen LogP contribution in [0.2, 0.25) is 0 Å². The first kappa shape index (κ1) is 17.0. The molecule has 3 rings (SSSR count). The van der Waals surface area contributed by atoms with Gasteiger partial charge in [-0.2, -0.15) is 0 Å². The van der Waals surface area contributed by atoms with Gasteiger partial charge in [-0.1, -0.05) is 60.7 Å². The number of carbonyl (C=O) groups excluding carboxylic acids is 2. The van der Waals surface area contributed by atoms with Crippen molar-refractivity contribution in [1.29, 1.82) is 0 Å². The number of hydrogen-bond donors (Lipinski definition) is 2. The minimum absolute atomic E-state index is 0.0288. The Balaban J connectivity index is 1.77. The highest BCUT2D eigenvalue weighted by molar-refractivity contribution is 5.97. The van der Waals surface area contributed by atoms with Crippen molar-refractivity contribution in [2.45, 2.75) is 31.3 Å². The van der Waals surface area contributed by atoms with Crippen molar-refractivity contribution in [2.75, 3.05) is 0 Å². The fourth-order valence-electron chi connectivity index (χ4n) is 2.95. The van der Waals surface area contributed by atoms with Gasteiger partial charge in [-0.3, -0.25) is 9.59 Å². The second kappa shape index (κ2) is 8.29. The van der Waals surface area contributed by atoms with Crippen LogP contribution in [-0.4, -0.2) is 17.9 Å². The van der Waals surface area contributed by atoms with E-state index in [2.05, 4.69) is 16.7 Å². The first-order chi connectivity index (χ1) is 12.2. The first-order valence-corrected chi connectivity index (χ1v) is 8.62. The van der Waals surface area contributed by atoms with Crippen LogP contribution in [-0.2, 0) is 4.79 Å². The van der Waals surface area contributed by atoms with Gasteiger partial charge in [0.15, 0.2) is 0 Å². The third kappa shape index (κ3) is 4.57. The molecule has 0 saturated heterocycles. The number of rotatable bonds is 5. The Morgan fingerprint density at radius 3 is 2.28 bits per heavy atom. The number of carbonyl (C=O) groups is 2. The molecule has 2 unspecified atom stereocenters. The highest BCUT2D eigenvalue weighted by Gasteiger charge is 2.25. The molecular weight excluding hydrogens is 312 g/mol. The van der Waals surface area contributed by atoms with E-state index in [0.717, 1.165) is 24.8 Å². The lowest BCUT2D eigenvalue weighted by molar-refractivity contribution is -0.123. The molecule has 1 aliphatic carbocycles. The molecule has 0 fully saturated rings. The summed E-state index contributed by atoms with van der Waals surface area (Å²) in [6.07, 6.45) is 7.17. The second-order valence-corrected chi connectivity index (χ2v) is 6.16. The molecule has 2 aromatic carbocycles. The van der Waals surface area contributed by atoms with E-state index in [1.54, 1.807) is 24.3 Å². The minimum Gasteiger partial charge on any atom is -0.348 e. The molecule has 1 aliphatic rings. The summed E-state index contributed by atoms with van der Waals surface area (Å²) < 4.78 is 0. The van der Waals surface area contributed by atoms with Crippen LogP contribution >= 0.6 is 0 Å². The lowest BCUT2D eigenvalue weighted by atomic mass is 10.0.